The second-order valence-electron chi connectivity index (χ2n) is 8.10. The zero-order chi connectivity index (χ0) is 21.4. The zero-order valence-electron chi connectivity index (χ0n) is 16.9. The van der Waals surface area contributed by atoms with Crippen LogP contribution in [0.5, 0.6) is 5.75 Å². The molecule has 9 heteroatoms. The lowest BCUT2D eigenvalue weighted by molar-refractivity contribution is 0.0661. The minimum absolute atomic E-state index is 0.00979. The van der Waals surface area contributed by atoms with Crippen LogP contribution in [0.15, 0.2) is 18.3 Å². The van der Waals surface area contributed by atoms with E-state index >= 15 is 0 Å². The van der Waals surface area contributed by atoms with E-state index in [1.807, 2.05) is 13.8 Å². The van der Waals surface area contributed by atoms with Gasteiger partial charge in [-0.1, -0.05) is 33.1 Å². The van der Waals surface area contributed by atoms with Crippen LogP contribution >= 0.6 is 0 Å². The van der Waals surface area contributed by atoms with Gasteiger partial charge >= 0.3 is 6.09 Å². The van der Waals surface area contributed by atoms with Crippen molar-refractivity contribution in [3.05, 3.63) is 35.5 Å². The summed E-state index contributed by atoms with van der Waals surface area (Å²) in [6, 6.07) is 1.89. The van der Waals surface area contributed by atoms with Gasteiger partial charge in [-0.3, -0.25) is 4.90 Å². The van der Waals surface area contributed by atoms with Crippen LogP contribution in [0, 0.1) is 17.6 Å². The SMILES string of the molecule is CC(C)C1OC(=O)N(C2CCCCC2)c2nc(Nc3cc(F)c(O)c(F)c3)ncc21. The number of aromatic hydroxyl groups is 1. The Balaban J connectivity index is 1.72. The lowest BCUT2D eigenvalue weighted by atomic mass is 9.92. The van der Waals surface area contributed by atoms with Crippen molar-refractivity contribution in [3.63, 3.8) is 0 Å². The molecule has 7 nitrogen and oxygen atoms in total. The molecule has 1 aromatic heterocycles. The number of nitrogens with zero attached hydrogens (tertiary/aromatic N) is 3. The maximum Gasteiger partial charge on any atom is 0.416 e. The van der Waals surface area contributed by atoms with Crippen LogP contribution in [0.3, 0.4) is 0 Å². The monoisotopic (exact) mass is 418 g/mol. The molecule has 2 heterocycles. The molecule has 4 rings (SSSR count). The maximum absolute atomic E-state index is 13.7. The topological polar surface area (TPSA) is 87.6 Å². The molecule has 160 valence electrons. The number of phenolic OH excluding ortho intramolecular Hbond substituents is 1. The Bertz CT molecular complexity index is 940. The summed E-state index contributed by atoms with van der Waals surface area (Å²) in [5.41, 5.74) is 0.759. The van der Waals surface area contributed by atoms with Crippen molar-refractivity contribution in [2.75, 3.05) is 10.2 Å². The minimum Gasteiger partial charge on any atom is -0.503 e. The largest absolute Gasteiger partial charge is 0.503 e. The van der Waals surface area contributed by atoms with Gasteiger partial charge in [-0.25, -0.2) is 18.6 Å². The summed E-state index contributed by atoms with van der Waals surface area (Å²) in [6.45, 7) is 3.90. The van der Waals surface area contributed by atoms with Gasteiger partial charge in [0.2, 0.25) is 5.95 Å². The highest BCUT2D eigenvalue weighted by Gasteiger charge is 2.40. The van der Waals surface area contributed by atoms with Gasteiger partial charge in [-0.15, -0.1) is 0 Å². The highest BCUT2D eigenvalue weighted by molar-refractivity contribution is 5.90. The minimum atomic E-state index is -1.09. The van der Waals surface area contributed by atoms with E-state index in [9.17, 15) is 18.7 Å². The van der Waals surface area contributed by atoms with Gasteiger partial charge in [0.25, 0.3) is 0 Å². The second kappa shape index (κ2) is 8.04. The van der Waals surface area contributed by atoms with E-state index in [1.165, 1.54) is 0 Å². The summed E-state index contributed by atoms with van der Waals surface area (Å²) in [4.78, 5) is 23.2. The molecule has 0 bridgehead atoms. The van der Waals surface area contributed by atoms with Crippen molar-refractivity contribution in [1.82, 2.24) is 9.97 Å². The van der Waals surface area contributed by atoms with Crippen LogP contribution < -0.4 is 10.2 Å². The normalized spacial score (nSPS) is 19.6. The van der Waals surface area contributed by atoms with Gasteiger partial charge < -0.3 is 15.2 Å². The molecule has 0 saturated heterocycles. The van der Waals surface area contributed by atoms with Crippen molar-refractivity contribution < 1.29 is 23.4 Å². The Hall–Kier alpha value is -2.97. The molecule has 1 amide bonds. The van der Waals surface area contributed by atoms with Crippen LogP contribution in [-0.4, -0.2) is 27.2 Å². The number of hydrogen-bond donors (Lipinski definition) is 2. The van der Waals surface area contributed by atoms with Gasteiger partial charge in [0.15, 0.2) is 23.2 Å². The first-order valence-corrected chi connectivity index (χ1v) is 10.2. The van der Waals surface area contributed by atoms with Crippen molar-refractivity contribution >= 4 is 23.5 Å². The number of anilines is 3. The van der Waals surface area contributed by atoms with Crippen molar-refractivity contribution in [1.29, 1.82) is 0 Å². The molecule has 1 aliphatic heterocycles. The van der Waals surface area contributed by atoms with Gasteiger partial charge in [0, 0.05) is 30.1 Å². The number of aromatic nitrogens is 2. The van der Waals surface area contributed by atoms with Crippen LogP contribution in [0.1, 0.15) is 57.6 Å². The van der Waals surface area contributed by atoms with Crippen molar-refractivity contribution in [2.24, 2.45) is 5.92 Å². The summed E-state index contributed by atoms with van der Waals surface area (Å²) < 4.78 is 33.0. The number of cyclic esters (lactones) is 1. The van der Waals surface area contributed by atoms with E-state index in [2.05, 4.69) is 15.3 Å². The maximum atomic E-state index is 13.7. The summed E-state index contributed by atoms with van der Waals surface area (Å²) in [5.74, 6) is -2.64. The van der Waals surface area contributed by atoms with Crippen molar-refractivity contribution in [2.45, 2.75) is 58.1 Å². The number of fused-ring (bicyclic) bond motifs is 1. The molecule has 2 aromatic rings. The lowest BCUT2D eigenvalue weighted by Crippen LogP contribution is -2.47. The lowest BCUT2D eigenvalue weighted by Gasteiger charge is -2.39. The third kappa shape index (κ3) is 3.76. The molecule has 30 heavy (non-hydrogen) atoms. The number of rotatable bonds is 4. The Kier molecular flexibility index (Phi) is 5.44. The van der Waals surface area contributed by atoms with E-state index in [4.69, 9.17) is 4.74 Å². The Morgan fingerprint density at radius 1 is 1.20 bits per heavy atom. The van der Waals surface area contributed by atoms with Gasteiger partial charge in [-0.05, 0) is 18.8 Å². The first kappa shape index (κ1) is 20.3. The standard InChI is InChI=1S/C21H24F2N4O3/c1-11(2)18-14-10-24-20(25-12-8-15(22)17(28)16(23)9-12)26-19(14)27(21(29)30-18)13-6-4-3-5-7-13/h8-11,13,18,28H,3-7H2,1-2H3,(H,24,25,26). The smallest absolute Gasteiger partial charge is 0.416 e. The fourth-order valence-electron chi connectivity index (χ4n) is 4.07. The summed E-state index contributed by atoms with van der Waals surface area (Å²) in [7, 11) is 0. The molecule has 2 N–H and O–H groups in total. The summed E-state index contributed by atoms with van der Waals surface area (Å²) >= 11 is 0. The van der Waals surface area contributed by atoms with Gasteiger partial charge in [0.1, 0.15) is 6.10 Å². The van der Waals surface area contributed by atoms with Crippen LogP contribution in [0.25, 0.3) is 0 Å². The van der Waals surface area contributed by atoms with E-state index in [0.717, 1.165) is 44.2 Å². The number of halogens is 2. The fraction of sp³-hybridized carbons (Fsp3) is 0.476. The predicted octanol–water partition coefficient (Wildman–Crippen LogP) is 5.19. The third-order valence-corrected chi connectivity index (χ3v) is 5.57. The number of phenols is 1. The molecule has 1 saturated carbocycles. The number of carbonyl (C=O) groups excluding carboxylic acids is 1. The average Bonchev–Trinajstić information content (AvgIpc) is 2.71. The van der Waals surface area contributed by atoms with E-state index in [0.29, 0.717) is 11.4 Å². The highest BCUT2D eigenvalue weighted by atomic mass is 19.1. The van der Waals surface area contributed by atoms with Crippen molar-refractivity contribution in [3.8, 4) is 5.75 Å². The van der Waals surface area contributed by atoms with E-state index in [-0.39, 0.29) is 23.6 Å². The van der Waals surface area contributed by atoms with E-state index in [1.54, 1.807) is 11.1 Å². The quantitative estimate of drug-likeness (QED) is 0.665. The van der Waals surface area contributed by atoms with E-state index < -0.39 is 29.6 Å². The molecule has 0 radical (unpaired) electrons. The molecule has 1 unspecified atom stereocenters. The average molecular weight is 418 g/mol. The predicted molar refractivity (Wildman–Crippen MR) is 107 cm³/mol. The summed E-state index contributed by atoms with van der Waals surface area (Å²) in [6.07, 6.45) is 5.60. The van der Waals surface area contributed by atoms with Crippen LogP contribution in [0.2, 0.25) is 0 Å². The Labute approximate surface area is 173 Å². The third-order valence-electron chi connectivity index (χ3n) is 5.57. The van der Waals surface area contributed by atoms with Crippen LogP contribution in [0.4, 0.5) is 31.0 Å². The molecule has 1 fully saturated rings. The highest BCUT2D eigenvalue weighted by Crippen LogP contribution is 2.40. The second-order valence-corrected chi connectivity index (χ2v) is 8.10. The first-order valence-electron chi connectivity index (χ1n) is 10.2. The molecule has 1 aliphatic carbocycles. The number of amides is 1. The van der Waals surface area contributed by atoms with Gasteiger partial charge in [0.05, 0.1) is 5.56 Å². The molecule has 1 atom stereocenters. The Morgan fingerprint density at radius 2 is 1.87 bits per heavy atom. The molecule has 1 aromatic carbocycles. The Morgan fingerprint density at radius 3 is 2.50 bits per heavy atom. The number of ether oxygens (including phenoxy) is 1. The first-order chi connectivity index (χ1) is 14.3. The molecular formula is C21H24F2N4O3. The number of nitrogens with one attached hydrogen (secondary N) is 1. The number of hydrogen-bond acceptors (Lipinski definition) is 6. The number of benzene rings is 1. The van der Waals surface area contributed by atoms with Gasteiger partial charge in [-0.2, -0.15) is 4.98 Å². The molecule has 2 aliphatic rings. The van der Waals surface area contributed by atoms with Crippen LogP contribution in [-0.2, 0) is 4.74 Å². The number of carbonyl (C=O) groups is 1. The molecule has 0 spiro atoms. The molecular weight excluding hydrogens is 394 g/mol. The fourth-order valence-corrected chi connectivity index (χ4v) is 4.07. The zero-order valence-corrected chi connectivity index (χ0v) is 16.9. The summed E-state index contributed by atoms with van der Waals surface area (Å²) in [5, 5.41) is 12.0.